The van der Waals surface area contributed by atoms with Gasteiger partial charge in [0.1, 0.15) is 0 Å². The standard InChI is InChI=1S/C16H26BrNO2/c1-7-18-16(11(4)10(2)3)12-8-14(19-5)15(20-6)9-13(12)17/h8-11,16,18H,7H2,1-6H3. The second kappa shape index (κ2) is 7.89. The van der Waals surface area contributed by atoms with Crippen LogP contribution < -0.4 is 14.8 Å². The van der Waals surface area contributed by atoms with Gasteiger partial charge >= 0.3 is 0 Å². The monoisotopic (exact) mass is 343 g/mol. The van der Waals surface area contributed by atoms with Crippen LogP contribution in [0.25, 0.3) is 0 Å². The number of benzene rings is 1. The molecular weight excluding hydrogens is 318 g/mol. The molecule has 0 spiro atoms. The van der Waals surface area contributed by atoms with Crippen molar-refractivity contribution in [2.45, 2.75) is 33.7 Å². The SMILES string of the molecule is CCNC(c1cc(OC)c(OC)cc1Br)C(C)C(C)C. The molecule has 0 heterocycles. The highest BCUT2D eigenvalue weighted by Gasteiger charge is 2.24. The fraction of sp³-hybridized carbons (Fsp3) is 0.625. The van der Waals surface area contributed by atoms with Crippen molar-refractivity contribution >= 4 is 15.9 Å². The molecule has 0 aliphatic rings. The summed E-state index contributed by atoms with van der Waals surface area (Å²) in [6.45, 7) is 9.85. The van der Waals surface area contributed by atoms with Crippen molar-refractivity contribution in [3.8, 4) is 11.5 Å². The van der Waals surface area contributed by atoms with Gasteiger partial charge in [0.2, 0.25) is 0 Å². The molecule has 0 fully saturated rings. The van der Waals surface area contributed by atoms with Crippen LogP contribution in [0.3, 0.4) is 0 Å². The molecule has 4 heteroatoms. The number of rotatable bonds is 7. The second-order valence-electron chi connectivity index (χ2n) is 5.37. The van der Waals surface area contributed by atoms with Gasteiger partial charge in [0.05, 0.1) is 14.2 Å². The molecule has 0 aliphatic carbocycles. The zero-order valence-corrected chi connectivity index (χ0v) is 14.9. The maximum Gasteiger partial charge on any atom is 0.161 e. The van der Waals surface area contributed by atoms with E-state index in [1.807, 2.05) is 6.07 Å². The van der Waals surface area contributed by atoms with Gasteiger partial charge in [-0.15, -0.1) is 0 Å². The molecule has 0 saturated heterocycles. The van der Waals surface area contributed by atoms with Crippen molar-refractivity contribution in [2.75, 3.05) is 20.8 Å². The fourth-order valence-electron chi connectivity index (χ4n) is 2.29. The fourth-order valence-corrected chi connectivity index (χ4v) is 2.86. The van der Waals surface area contributed by atoms with Crippen LogP contribution in [-0.2, 0) is 0 Å². The van der Waals surface area contributed by atoms with Crippen LogP contribution >= 0.6 is 15.9 Å². The van der Waals surface area contributed by atoms with Crippen molar-refractivity contribution in [1.29, 1.82) is 0 Å². The number of halogens is 1. The van der Waals surface area contributed by atoms with E-state index in [4.69, 9.17) is 9.47 Å². The average Bonchev–Trinajstić information content (AvgIpc) is 2.43. The lowest BCUT2D eigenvalue weighted by Crippen LogP contribution is -2.29. The highest BCUT2D eigenvalue weighted by atomic mass is 79.9. The van der Waals surface area contributed by atoms with Crippen LogP contribution in [0.4, 0.5) is 0 Å². The Labute approximate surface area is 131 Å². The van der Waals surface area contributed by atoms with Gasteiger partial charge in [-0.3, -0.25) is 0 Å². The van der Waals surface area contributed by atoms with Gasteiger partial charge in [0.15, 0.2) is 11.5 Å². The number of hydrogen-bond acceptors (Lipinski definition) is 3. The second-order valence-corrected chi connectivity index (χ2v) is 6.22. The summed E-state index contributed by atoms with van der Waals surface area (Å²) in [5.74, 6) is 2.63. The Kier molecular flexibility index (Phi) is 6.83. The summed E-state index contributed by atoms with van der Waals surface area (Å²) in [6, 6.07) is 4.33. The first-order chi connectivity index (χ1) is 9.46. The molecule has 2 atom stereocenters. The Bertz CT molecular complexity index is 435. The summed E-state index contributed by atoms with van der Waals surface area (Å²) in [5.41, 5.74) is 1.21. The van der Waals surface area contributed by atoms with Crippen molar-refractivity contribution in [1.82, 2.24) is 5.32 Å². The predicted molar refractivity (Wildman–Crippen MR) is 87.7 cm³/mol. The third-order valence-electron chi connectivity index (χ3n) is 3.84. The first kappa shape index (κ1) is 17.3. The summed E-state index contributed by atoms with van der Waals surface area (Å²) in [5, 5.41) is 3.58. The predicted octanol–water partition coefficient (Wildman–Crippen LogP) is 4.41. The first-order valence-electron chi connectivity index (χ1n) is 7.11. The van der Waals surface area contributed by atoms with Crippen LogP contribution in [0, 0.1) is 11.8 Å². The van der Waals surface area contributed by atoms with Crippen LogP contribution in [-0.4, -0.2) is 20.8 Å². The number of hydrogen-bond donors (Lipinski definition) is 1. The highest BCUT2D eigenvalue weighted by Crippen LogP contribution is 2.39. The molecule has 1 aromatic rings. The summed E-state index contributed by atoms with van der Waals surface area (Å²) < 4.78 is 11.8. The molecule has 0 radical (unpaired) electrons. The van der Waals surface area contributed by atoms with Crippen molar-refractivity contribution in [2.24, 2.45) is 11.8 Å². The Hall–Kier alpha value is -0.740. The molecule has 20 heavy (non-hydrogen) atoms. The van der Waals surface area contributed by atoms with E-state index in [-0.39, 0.29) is 6.04 Å². The molecule has 1 aromatic carbocycles. The van der Waals surface area contributed by atoms with Gasteiger partial charge in [0.25, 0.3) is 0 Å². The van der Waals surface area contributed by atoms with Crippen LogP contribution in [0.5, 0.6) is 11.5 Å². The van der Waals surface area contributed by atoms with Gasteiger partial charge in [-0.2, -0.15) is 0 Å². The van der Waals surface area contributed by atoms with Gasteiger partial charge in [0, 0.05) is 10.5 Å². The van der Waals surface area contributed by atoms with Gasteiger partial charge in [-0.1, -0.05) is 43.6 Å². The molecule has 114 valence electrons. The van der Waals surface area contributed by atoms with E-state index in [2.05, 4.69) is 55.0 Å². The minimum absolute atomic E-state index is 0.286. The highest BCUT2D eigenvalue weighted by molar-refractivity contribution is 9.10. The largest absolute Gasteiger partial charge is 0.493 e. The van der Waals surface area contributed by atoms with Gasteiger partial charge in [-0.05, 0) is 36.1 Å². The van der Waals surface area contributed by atoms with Crippen molar-refractivity contribution in [3.63, 3.8) is 0 Å². The lowest BCUT2D eigenvalue weighted by molar-refractivity contribution is 0.304. The van der Waals surface area contributed by atoms with E-state index in [9.17, 15) is 0 Å². The Morgan fingerprint density at radius 2 is 1.65 bits per heavy atom. The summed E-state index contributed by atoms with van der Waals surface area (Å²) in [4.78, 5) is 0. The third-order valence-corrected chi connectivity index (χ3v) is 4.53. The minimum atomic E-state index is 0.286. The van der Waals surface area contributed by atoms with Crippen molar-refractivity contribution in [3.05, 3.63) is 22.2 Å². The molecule has 0 saturated carbocycles. The van der Waals surface area contributed by atoms with Crippen LogP contribution in [0.1, 0.15) is 39.3 Å². The van der Waals surface area contributed by atoms with E-state index in [0.717, 1.165) is 22.5 Å². The van der Waals surface area contributed by atoms with Gasteiger partial charge < -0.3 is 14.8 Å². The first-order valence-corrected chi connectivity index (χ1v) is 7.90. The molecule has 1 rings (SSSR count). The molecule has 0 amide bonds. The number of ether oxygens (including phenoxy) is 2. The van der Waals surface area contributed by atoms with Crippen LogP contribution in [0.15, 0.2) is 16.6 Å². The molecule has 1 N–H and O–H groups in total. The average molecular weight is 344 g/mol. The van der Waals surface area contributed by atoms with E-state index >= 15 is 0 Å². The molecule has 0 bridgehead atoms. The maximum atomic E-state index is 5.43. The topological polar surface area (TPSA) is 30.5 Å². The smallest absolute Gasteiger partial charge is 0.161 e. The molecule has 0 aliphatic heterocycles. The zero-order chi connectivity index (χ0) is 15.3. The molecule has 2 unspecified atom stereocenters. The third kappa shape index (κ3) is 3.89. The van der Waals surface area contributed by atoms with E-state index in [1.54, 1.807) is 14.2 Å². The molecule has 3 nitrogen and oxygen atoms in total. The molecular formula is C16H26BrNO2. The lowest BCUT2D eigenvalue weighted by Gasteiger charge is -2.29. The lowest BCUT2D eigenvalue weighted by atomic mass is 9.86. The normalized spacial score (nSPS) is 14.2. The van der Waals surface area contributed by atoms with Crippen LogP contribution in [0.2, 0.25) is 0 Å². The zero-order valence-electron chi connectivity index (χ0n) is 13.3. The Morgan fingerprint density at radius 3 is 2.10 bits per heavy atom. The van der Waals surface area contributed by atoms with Crippen molar-refractivity contribution < 1.29 is 9.47 Å². The minimum Gasteiger partial charge on any atom is -0.493 e. The summed E-state index contributed by atoms with van der Waals surface area (Å²) in [7, 11) is 3.33. The summed E-state index contributed by atoms with van der Waals surface area (Å²) in [6.07, 6.45) is 0. The maximum absolute atomic E-state index is 5.43. The quantitative estimate of drug-likeness (QED) is 0.795. The summed E-state index contributed by atoms with van der Waals surface area (Å²) >= 11 is 3.66. The van der Waals surface area contributed by atoms with E-state index in [0.29, 0.717) is 11.8 Å². The number of methoxy groups -OCH3 is 2. The number of nitrogens with one attached hydrogen (secondary N) is 1. The van der Waals surface area contributed by atoms with E-state index in [1.165, 1.54) is 5.56 Å². The Morgan fingerprint density at radius 1 is 1.10 bits per heavy atom. The van der Waals surface area contributed by atoms with Gasteiger partial charge in [-0.25, -0.2) is 0 Å². The van der Waals surface area contributed by atoms with E-state index < -0.39 is 0 Å². The molecule has 0 aromatic heterocycles. The Balaban J connectivity index is 3.25.